The van der Waals surface area contributed by atoms with Gasteiger partial charge in [0.1, 0.15) is 0 Å². The molecule has 0 fully saturated rings. The van der Waals surface area contributed by atoms with Crippen LogP contribution in [-0.4, -0.2) is 19.9 Å². The minimum absolute atomic E-state index is 0.0130. The number of hydrogen-bond acceptors (Lipinski definition) is 3. The standard InChI is InChI=1S/C8H12O2SSi/c1-3-7(9)4-5-8(11-10)6-12-2/h3,5,10H,1,4,6H2,2H3/b8-5+. The third-order valence-electron chi connectivity index (χ3n) is 1.23. The van der Waals surface area contributed by atoms with E-state index in [4.69, 9.17) is 4.55 Å². The Hall–Kier alpha value is -0.323. The fraction of sp³-hybridized carbons (Fsp3) is 0.375. The molecular formula is C8H12O2SSi. The van der Waals surface area contributed by atoms with Crippen LogP contribution in [0.15, 0.2) is 23.6 Å². The normalized spacial score (nSPS) is 11.3. The smallest absolute Gasteiger partial charge is 0.158 e. The second-order valence-corrected chi connectivity index (χ2v) is 3.93. The molecule has 0 saturated carbocycles. The highest BCUT2D eigenvalue weighted by Gasteiger charge is 1.97. The summed E-state index contributed by atoms with van der Waals surface area (Å²) in [5.74, 6) is -0.0130. The Bertz CT molecular complexity index is 189. The van der Waals surface area contributed by atoms with Crippen molar-refractivity contribution in [3.05, 3.63) is 23.6 Å². The van der Waals surface area contributed by atoms with Crippen molar-refractivity contribution in [2.75, 3.05) is 0 Å². The van der Waals surface area contributed by atoms with E-state index < -0.39 is 0 Å². The second kappa shape index (κ2) is 7.33. The number of ketones is 1. The van der Waals surface area contributed by atoms with Crippen LogP contribution in [0.3, 0.4) is 0 Å². The van der Waals surface area contributed by atoms with E-state index in [0.717, 1.165) is 32.5 Å². The van der Waals surface area contributed by atoms with Crippen molar-refractivity contribution in [3.63, 3.8) is 0 Å². The molecule has 1 N–H and O–H groups in total. The molecule has 0 atom stereocenters. The third-order valence-corrected chi connectivity index (χ3v) is 2.76. The molecule has 4 heteroatoms. The highest BCUT2D eigenvalue weighted by molar-refractivity contribution is 7.97. The van der Waals surface area contributed by atoms with Gasteiger partial charge in [-0.25, -0.2) is 0 Å². The lowest BCUT2D eigenvalue weighted by atomic mass is 10.3. The van der Waals surface area contributed by atoms with E-state index in [2.05, 4.69) is 13.1 Å². The van der Waals surface area contributed by atoms with Gasteiger partial charge in [0, 0.05) is 32.9 Å². The molecule has 0 aliphatic rings. The first-order valence-electron chi connectivity index (χ1n) is 3.55. The van der Waals surface area contributed by atoms with Gasteiger partial charge in [0.05, 0.1) is 0 Å². The molecule has 66 valence electrons. The zero-order valence-corrected chi connectivity index (χ0v) is 8.86. The maximum Gasteiger partial charge on any atom is 0.158 e. The molecule has 0 bridgehead atoms. The van der Waals surface area contributed by atoms with Gasteiger partial charge in [-0.1, -0.05) is 19.2 Å². The van der Waals surface area contributed by atoms with Crippen molar-refractivity contribution in [1.29, 1.82) is 0 Å². The van der Waals surface area contributed by atoms with E-state index in [1.165, 1.54) is 6.08 Å². The minimum Gasteiger partial charge on any atom is -0.326 e. The van der Waals surface area contributed by atoms with Crippen molar-refractivity contribution in [2.45, 2.75) is 19.0 Å². The number of carbonyl (C=O) groups is 1. The van der Waals surface area contributed by atoms with Gasteiger partial charge in [-0.3, -0.25) is 4.79 Å². The van der Waals surface area contributed by atoms with Crippen molar-refractivity contribution in [3.8, 4) is 0 Å². The molecule has 12 heavy (non-hydrogen) atoms. The molecule has 0 aliphatic carbocycles. The van der Waals surface area contributed by atoms with Gasteiger partial charge >= 0.3 is 0 Å². The lowest BCUT2D eigenvalue weighted by Gasteiger charge is -1.97. The third kappa shape index (κ3) is 5.34. The van der Waals surface area contributed by atoms with Crippen LogP contribution in [0, 0.1) is 0 Å². The fourth-order valence-electron chi connectivity index (χ4n) is 0.614. The van der Waals surface area contributed by atoms with Crippen LogP contribution >= 0.6 is 12.0 Å². The second-order valence-electron chi connectivity index (χ2n) is 2.17. The average molecular weight is 200 g/mol. The van der Waals surface area contributed by atoms with Crippen LogP contribution in [0.1, 0.15) is 6.42 Å². The fourth-order valence-corrected chi connectivity index (χ4v) is 1.96. The molecule has 0 aromatic rings. The zero-order valence-electron chi connectivity index (χ0n) is 7.04. The van der Waals surface area contributed by atoms with Gasteiger partial charge in [-0.2, -0.15) is 0 Å². The number of allylic oxidation sites excluding steroid dienone is 3. The Morgan fingerprint density at radius 2 is 2.42 bits per heavy atom. The van der Waals surface area contributed by atoms with Crippen LogP contribution in [0.4, 0.5) is 0 Å². The van der Waals surface area contributed by atoms with E-state index in [-0.39, 0.29) is 5.78 Å². The van der Waals surface area contributed by atoms with Crippen LogP contribution in [0.2, 0.25) is 12.6 Å². The van der Waals surface area contributed by atoms with E-state index in [1.807, 2.05) is 0 Å². The molecule has 0 heterocycles. The first-order chi connectivity index (χ1) is 5.74. The van der Waals surface area contributed by atoms with E-state index in [0.29, 0.717) is 6.42 Å². The molecule has 0 rings (SSSR count). The Morgan fingerprint density at radius 3 is 2.83 bits per heavy atom. The molecule has 0 spiro atoms. The summed E-state index contributed by atoms with van der Waals surface area (Å²) in [6, 6.07) is 0.853. The SMILES string of the molecule is C=CC(=O)C/C=C(\C[Si]C)SO. The molecule has 0 amide bonds. The molecule has 2 nitrogen and oxygen atoms in total. The first-order valence-corrected chi connectivity index (χ1v) is 6.03. The topological polar surface area (TPSA) is 37.3 Å². The highest BCUT2D eigenvalue weighted by atomic mass is 32.2. The lowest BCUT2D eigenvalue weighted by Crippen LogP contribution is -1.90. The highest BCUT2D eigenvalue weighted by Crippen LogP contribution is 2.16. The first kappa shape index (κ1) is 11.7. The van der Waals surface area contributed by atoms with Crippen molar-refractivity contribution in [2.24, 2.45) is 0 Å². The molecule has 2 radical (unpaired) electrons. The quantitative estimate of drug-likeness (QED) is 0.406. The van der Waals surface area contributed by atoms with E-state index in [1.54, 1.807) is 6.08 Å². The molecule has 0 aromatic heterocycles. The molecule has 0 saturated heterocycles. The van der Waals surface area contributed by atoms with Gasteiger partial charge in [-0.15, -0.1) is 0 Å². The maximum absolute atomic E-state index is 10.8. The van der Waals surface area contributed by atoms with Crippen LogP contribution in [0.5, 0.6) is 0 Å². The van der Waals surface area contributed by atoms with Gasteiger partial charge in [0.15, 0.2) is 5.78 Å². The average Bonchev–Trinajstić information content (AvgIpc) is 2.11. The van der Waals surface area contributed by atoms with Gasteiger partial charge < -0.3 is 4.55 Å². The van der Waals surface area contributed by atoms with E-state index >= 15 is 0 Å². The number of hydrogen-bond donors (Lipinski definition) is 1. The summed E-state index contributed by atoms with van der Waals surface area (Å²) < 4.78 is 8.76. The van der Waals surface area contributed by atoms with Crippen molar-refractivity contribution >= 4 is 27.3 Å². The molecular weight excluding hydrogens is 188 g/mol. The Morgan fingerprint density at radius 1 is 1.75 bits per heavy atom. The molecule has 0 aromatic carbocycles. The number of rotatable bonds is 6. The predicted molar refractivity (Wildman–Crippen MR) is 54.5 cm³/mol. The zero-order chi connectivity index (χ0) is 9.40. The summed E-state index contributed by atoms with van der Waals surface area (Å²) in [6.07, 6.45) is 3.40. The Kier molecular flexibility index (Phi) is 7.14. The Balaban J connectivity index is 3.92. The largest absolute Gasteiger partial charge is 0.326 e. The summed E-state index contributed by atoms with van der Waals surface area (Å²) in [7, 11) is 0.763. The van der Waals surface area contributed by atoms with Crippen molar-refractivity contribution < 1.29 is 9.35 Å². The van der Waals surface area contributed by atoms with Gasteiger partial charge in [-0.05, 0) is 12.1 Å². The lowest BCUT2D eigenvalue weighted by molar-refractivity contribution is -0.113. The Labute approximate surface area is 79.8 Å². The van der Waals surface area contributed by atoms with Crippen LogP contribution < -0.4 is 0 Å². The summed E-state index contributed by atoms with van der Waals surface area (Å²) in [6.45, 7) is 5.42. The van der Waals surface area contributed by atoms with Crippen LogP contribution in [-0.2, 0) is 4.79 Å². The van der Waals surface area contributed by atoms with Gasteiger partial charge in [0.2, 0.25) is 0 Å². The number of carbonyl (C=O) groups excluding carboxylic acids is 1. The minimum atomic E-state index is -0.0130. The van der Waals surface area contributed by atoms with E-state index in [9.17, 15) is 4.79 Å². The summed E-state index contributed by atoms with van der Waals surface area (Å²) in [4.78, 5) is 11.7. The van der Waals surface area contributed by atoms with Crippen molar-refractivity contribution in [1.82, 2.24) is 0 Å². The van der Waals surface area contributed by atoms with Crippen LogP contribution in [0.25, 0.3) is 0 Å². The summed E-state index contributed by atoms with van der Waals surface area (Å²) in [5.41, 5.74) is 0. The summed E-state index contributed by atoms with van der Waals surface area (Å²) in [5, 5.41) is 0. The van der Waals surface area contributed by atoms with Gasteiger partial charge in [0.25, 0.3) is 0 Å². The maximum atomic E-state index is 10.8. The monoisotopic (exact) mass is 200 g/mol. The predicted octanol–water partition coefficient (Wildman–Crippen LogP) is 2.39. The summed E-state index contributed by atoms with van der Waals surface area (Å²) >= 11 is 0.729. The molecule has 0 unspecified atom stereocenters. The molecule has 0 aliphatic heterocycles.